The van der Waals surface area contributed by atoms with Crippen molar-refractivity contribution >= 4 is 46.8 Å². The standard InChI is InChI=1S/C54H61Cl2N7O6/c1-35-51(66)58-46(33-64)52(67)59-54(29-36-11-17-40(55)18-12-36)23-5-6-26-62(34-54)53(68)45(44-22-16-37-9-3-4-10-43(37)44)28-50(65)63(35)31-39-13-19-41(56)27-48(39)69-42-20-14-38(15-21-42)47-30-57-49(60(47)2)32-61-24-7-8-25-61/h3-4,9-15,17-21,27,30,35,44-46,64H,5-8,16,22-26,28-29,31-34H2,1-2H3,(H,58,66)(H,59,67)/t35-,44-,45-,46-,54+/m0/s1. The molecule has 4 aromatic carbocycles. The van der Waals surface area contributed by atoms with Gasteiger partial charge >= 0.3 is 0 Å². The molecule has 9 rings (SSSR count). The highest BCUT2D eigenvalue weighted by Gasteiger charge is 2.45. The van der Waals surface area contributed by atoms with Crippen LogP contribution in [-0.4, -0.2) is 103 Å². The maximum absolute atomic E-state index is 15.4. The number of carbonyl (C=O) groups excluding carboxylic acids is 4. The van der Waals surface area contributed by atoms with E-state index >= 15 is 9.59 Å². The number of halogens is 2. The van der Waals surface area contributed by atoms with E-state index in [1.807, 2.05) is 66.7 Å². The SMILES string of the molecule is C[C@H]1C(=O)N[C@@H](CO)C(=O)N[C@@]2(Cc3ccc(Cl)cc3)CCCCN(C2)C(=O)[C@H]([C@H]2CCc3ccccc32)CC(=O)N1Cc1ccc(Cl)cc1Oc1ccc(-c2cnc(CN3CCCC3)n2C)cc1. The third-order valence-electron chi connectivity index (χ3n) is 14.7. The predicted octanol–water partition coefficient (Wildman–Crippen LogP) is 7.84. The molecule has 3 aliphatic heterocycles. The Bertz CT molecular complexity index is 2670. The first-order valence-corrected chi connectivity index (χ1v) is 25.1. The Morgan fingerprint density at radius 3 is 2.35 bits per heavy atom. The van der Waals surface area contributed by atoms with Crippen LogP contribution >= 0.6 is 23.2 Å². The van der Waals surface area contributed by atoms with E-state index in [-0.39, 0.29) is 31.3 Å². The van der Waals surface area contributed by atoms with Gasteiger partial charge in [0.2, 0.25) is 23.6 Å². The topological polar surface area (TPSA) is 149 Å². The summed E-state index contributed by atoms with van der Waals surface area (Å²) in [6.45, 7) is 4.44. The molecule has 0 saturated carbocycles. The summed E-state index contributed by atoms with van der Waals surface area (Å²) in [6.07, 6.45) is 7.97. The highest BCUT2D eigenvalue weighted by atomic mass is 35.5. The summed E-state index contributed by atoms with van der Waals surface area (Å²) in [5.74, 6) is -0.872. The minimum Gasteiger partial charge on any atom is -0.457 e. The van der Waals surface area contributed by atoms with Crippen molar-refractivity contribution < 1.29 is 29.0 Å². The largest absolute Gasteiger partial charge is 0.457 e. The number of benzene rings is 4. The number of amides is 4. The Hall–Kier alpha value is -5.73. The monoisotopic (exact) mass is 973 g/mol. The second kappa shape index (κ2) is 21.1. The molecule has 1 aliphatic carbocycles. The molecule has 5 atom stereocenters. The van der Waals surface area contributed by atoms with Gasteiger partial charge in [0, 0.05) is 47.7 Å². The smallest absolute Gasteiger partial charge is 0.245 e. The molecule has 0 radical (unpaired) electrons. The highest BCUT2D eigenvalue weighted by molar-refractivity contribution is 6.31. The number of hydrogen-bond acceptors (Lipinski definition) is 8. The molecule has 69 heavy (non-hydrogen) atoms. The molecule has 4 amide bonds. The lowest BCUT2D eigenvalue weighted by molar-refractivity contribution is -0.147. The van der Waals surface area contributed by atoms with E-state index in [4.69, 9.17) is 32.9 Å². The number of fused-ring (bicyclic) bond motifs is 3. The molecule has 0 spiro atoms. The lowest BCUT2D eigenvalue weighted by Crippen LogP contribution is -2.63. The zero-order valence-corrected chi connectivity index (χ0v) is 40.9. The molecule has 5 aromatic rings. The number of likely N-dealkylation sites (tertiary alicyclic amines) is 1. The van der Waals surface area contributed by atoms with Crippen LogP contribution in [0.4, 0.5) is 0 Å². The van der Waals surface area contributed by atoms with Gasteiger partial charge < -0.3 is 34.8 Å². The molecule has 2 bridgehead atoms. The first-order valence-electron chi connectivity index (χ1n) is 24.3. The Kier molecular flexibility index (Phi) is 14.8. The van der Waals surface area contributed by atoms with Crippen molar-refractivity contribution in [2.75, 3.05) is 32.8 Å². The Balaban J connectivity index is 1.03. The molecule has 4 aliphatic rings. The zero-order chi connectivity index (χ0) is 48.2. The van der Waals surface area contributed by atoms with E-state index in [0.29, 0.717) is 65.8 Å². The number of carbonyl (C=O) groups is 4. The third-order valence-corrected chi connectivity index (χ3v) is 15.2. The van der Waals surface area contributed by atoms with E-state index in [1.165, 1.54) is 17.7 Å². The average molecular weight is 975 g/mol. The number of aliphatic hydroxyl groups is 1. The summed E-state index contributed by atoms with van der Waals surface area (Å²) >= 11 is 12.9. The van der Waals surface area contributed by atoms with Gasteiger partial charge in [0.1, 0.15) is 29.4 Å². The molecular formula is C54H61Cl2N7O6. The van der Waals surface area contributed by atoms with Crippen LogP contribution in [0.5, 0.6) is 11.5 Å². The molecule has 13 nitrogen and oxygen atoms in total. The lowest BCUT2D eigenvalue weighted by Gasteiger charge is -2.41. The summed E-state index contributed by atoms with van der Waals surface area (Å²) in [5.41, 5.74) is 4.70. The van der Waals surface area contributed by atoms with Crippen LogP contribution in [0.1, 0.15) is 85.9 Å². The quantitative estimate of drug-likeness (QED) is 0.121. The summed E-state index contributed by atoms with van der Waals surface area (Å²) < 4.78 is 8.65. The van der Waals surface area contributed by atoms with Gasteiger partial charge in [-0.2, -0.15) is 0 Å². The number of nitrogens with one attached hydrogen (secondary N) is 2. The highest BCUT2D eigenvalue weighted by Crippen LogP contribution is 2.42. The molecule has 3 N–H and O–H groups in total. The first kappa shape index (κ1) is 48.3. The molecule has 15 heteroatoms. The number of aryl methyl sites for hydroxylation is 1. The summed E-state index contributed by atoms with van der Waals surface area (Å²) in [5, 5.41) is 17.7. The van der Waals surface area contributed by atoms with Crippen LogP contribution in [0.3, 0.4) is 0 Å². The van der Waals surface area contributed by atoms with Gasteiger partial charge in [0.25, 0.3) is 0 Å². The summed E-state index contributed by atoms with van der Waals surface area (Å²) in [7, 11) is 2.03. The fourth-order valence-electron chi connectivity index (χ4n) is 10.9. The van der Waals surface area contributed by atoms with Crippen molar-refractivity contribution in [3.63, 3.8) is 0 Å². The summed E-state index contributed by atoms with van der Waals surface area (Å²) in [4.78, 5) is 69.9. The van der Waals surface area contributed by atoms with Gasteiger partial charge in [-0.1, -0.05) is 65.7 Å². The van der Waals surface area contributed by atoms with Crippen LogP contribution in [0.25, 0.3) is 11.3 Å². The van der Waals surface area contributed by atoms with E-state index < -0.39 is 47.9 Å². The number of nitrogens with zero attached hydrogens (tertiary/aromatic N) is 5. The van der Waals surface area contributed by atoms with Crippen molar-refractivity contribution in [3.05, 3.63) is 135 Å². The van der Waals surface area contributed by atoms with Crippen molar-refractivity contribution in [3.8, 4) is 22.8 Å². The van der Waals surface area contributed by atoms with Gasteiger partial charge in [-0.25, -0.2) is 4.98 Å². The Morgan fingerprint density at radius 1 is 0.841 bits per heavy atom. The first-order chi connectivity index (χ1) is 33.4. The Labute approximate surface area is 414 Å². The molecular weight excluding hydrogens is 914 g/mol. The number of imidazole rings is 1. The van der Waals surface area contributed by atoms with Crippen LogP contribution in [0.2, 0.25) is 10.0 Å². The number of hydrogen-bond donors (Lipinski definition) is 3. The molecule has 3 saturated heterocycles. The number of rotatable bonds is 11. The van der Waals surface area contributed by atoms with Crippen molar-refractivity contribution in [1.29, 1.82) is 0 Å². The fourth-order valence-corrected chi connectivity index (χ4v) is 11.2. The third kappa shape index (κ3) is 10.9. The van der Waals surface area contributed by atoms with E-state index in [1.54, 1.807) is 37.3 Å². The van der Waals surface area contributed by atoms with Crippen LogP contribution in [0, 0.1) is 5.92 Å². The van der Waals surface area contributed by atoms with Gasteiger partial charge in [0.15, 0.2) is 0 Å². The Morgan fingerprint density at radius 2 is 1.58 bits per heavy atom. The fraction of sp³-hybridized carbons (Fsp3) is 0.426. The second-order valence-electron chi connectivity index (χ2n) is 19.4. The maximum atomic E-state index is 15.4. The van der Waals surface area contributed by atoms with Gasteiger partial charge in [0.05, 0.1) is 43.0 Å². The van der Waals surface area contributed by atoms with Crippen LogP contribution < -0.4 is 15.4 Å². The zero-order valence-electron chi connectivity index (χ0n) is 39.3. The minimum atomic E-state index is -1.34. The van der Waals surface area contributed by atoms with E-state index in [9.17, 15) is 14.7 Å². The van der Waals surface area contributed by atoms with Gasteiger partial charge in [-0.3, -0.25) is 24.1 Å². The molecule has 0 unspecified atom stereocenters. The lowest BCUT2D eigenvalue weighted by atomic mass is 9.82. The maximum Gasteiger partial charge on any atom is 0.245 e. The number of aliphatic hydroxyl groups excluding tert-OH is 1. The van der Waals surface area contributed by atoms with Crippen LogP contribution in [0.15, 0.2) is 97.2 Å². The number of ether oxygens (including phenoxy) is 1. The minimum absolute atomic E-state index is 0.0844. The normalized spacial score (nSPS) is 23.8. The molecule has 4 heterocycles. The number of aromatic nitrogens is 2. The van der Waals surface area contributed by atoms with Gasteiger partial charge in [-0.15, -0.1) is 0 Å². The predicted molar refractivity (Wildman–Crippen MR) is 266 cm³/mol. The second-order valence-corrected chi connectivity index (χ2v) is 20.2. The van der Waals surface area contributed by atoms with Crippen LogP contribution in [-0.2, 0) is 52.2 Å². The van der Waals surface area contributed by atoms with Crippen molar-refractivity contribution in [2.45, 2.75) is 101 Å². The van der Waals surface area contributed by atoms with Crippen molar-refractivity contribution in [2.24, 2.45) is 13.0 Å². The van der Waals surface area contributed by atoms with E-state index in [2.05, 4.69) is 32.2 Å². The van der Waals surface area contributed by atoms with Crippen molar-refractivity contribution in [1.82, 2.24) is 34.9 Å². The molecule has 362 valence electrons. The van der Waals surface area contributed by atoms with Gasteiger partial charge in [-0.05, 0) is 143 Å². The molecule has 3 fully saturated rings. The van der Waals surface area contributed by atoms with E-state index in [0.717, 1.165) is 59.8 Å². The molecule has 1 aromatic heterocycles. The average Bonchev–Trinajstić information content (AvgIpc) is 4.08. The summed E-state index contributed by atoms with van der Waals surface area (Å²) in [6, 6.07) is 25.9.